The minimum Gasteiger partial charge on any atom is -0.493 e. The molecule has 1 amide bonds. The first-order valence-corrected chi connectivity index (χ1v) is 12.7. The summed E-state index contributed by atoms with van der Waals surface area (Å²) in [7, 11) is 2.97. The van der Waals surface area contributed by atoms with Gasteiger partial charge in [0.05, 0.1) is 31.4 Å². The van der Waals surface area contributed by atoms with Crippen LogP contribution < -0.4 is 24.8 Å². The first-order chi connectivity index (χ1) is 20.0. The zero-order valence-corrected chi connectivity index (χ0v) is 22.6. The Morgan fingerprint density at radius 2 is 1.46 bits per heavy atom. The van der Waals surface area contributed by atoms with Gasteiger partial charge < -0.3 is 29.6 Å². The maximum Gasteiger partial charge on any atom is 0.340 e. The van der Waals surface area contributed by atoms with Crippen LogP contribution in [0, 0.1) is 11.3 Å². The summed E-state index contributed by atoms with van der Waals surface area (Å²) in [4.78, 5) is 26.1. The Bertz CT molecular complexity index is 1500. The molecule has 0 saturated heterocycles. The van der Waals surface area contributed by atoms with E-state index in [1.54, 1.807) is 66.7 Å². The number of esters is 1. The molecule has 2 N–H and O–H groups in total. The van der Waals surface area contributed by atoms with Crippen molar-refractivity contribution < 1.29 is 28.5 Å². The lowest BCUT2D eigenvalue weighted by Crippen LogP contribution is -2.33. The summed E-state index contributed by atoms with van der Waals surface area (Å²) < 4.78 is 22.2. The second-order valence-corrected chi connectivity index (χ2v) is 8.77. The van der Waals surface area contributed by atoms with Crippen molar-refractivity contribution in [3.05, 3.63) is 119 Å². The fourth-order valence-electron chi connectivity index (χ4n) is 4.01. The molecule has 0 aromatic heterocycles. The summed E-state index contributed by atoms with van der Waals surface area (Å²) in [6, 6.07) is 29.1. The third-order valence-corrected chi connectivity index (χ3v) is 6.14. The Morgan fingerprint density at radius 3 is 2.10 bits per heavy atom. The van der Waals surface area contributed by atoms with Gasteiger partial charge in [-0.05, 0) is 48.0 Å². The lowest BCUT2D eigenvalue weighted by Gasteiger charge is -2.24. The van der Waals surface area contributed by atoms with E-state index in [4.69, 9.17) is 18.9 Å². The molecule has 4 aromatic rings. The van der Waals surface area contributed by atoms with Gasteiger partial charge in [0, 0.05) is 23.9 Å². The van der Waals surface area contributed by atoms with E-state index in [1.165, 1.54) is 14.2 Å². The second kappa shape index (κ2) is 14.1. The number of hydrogen-bond acceptors (Lipinski definition) is 8. The van der Waals surface area contributed by atoms with Gasteiger partial charge in [-0.25, -0.2) is 4.79 Å². The van der Waals surface area contributed by atoms with E-state index in [0.717, 1.165) is 5.56 Å². The number of benzene rings is 4. The van der Waals surface area contributed by atoms with Crippen LogP contribution in [0.5, 0.6) is 17.2 Å². The summed E-state index contributed by atoms with van der Waals surface area (Å²) >= 11 is 0. The first-order valence-electron chi connectivity index (χ1n) is 12.7. The molecule has 0 bridgehead atoms. The first kappa shape index (κ1) is 28.5. The molecule has 9 nitrogen and oxygen atoms in total. The molecule has 9 heteroatoms. The van der Waals surface area contributed by atoms with E-state index in [9.17, 15) is 14.9 Å². The van der Waals surface area contributed by atoms with Gasteiger partial charge in [-0.1, -0.05) is 48.5 Å². The topological polar surface area (TPSA) is 119 Å². The van der Waals surface area contributed by atoms with Crippen LogP contribution in [-0.2, 0) is 16.1 Å². The van der Waals surface area contributed by atoms with Crippen molar-refractivity contribution in [3.8, 4) is 23.3 Å². The number of carbonyl (C=O) groups is 2. The molecule has 208 valence electrons. The molecule has 0 radical (unpaired) electrons. The monoisotopic (exact) mass is 551 g/mol. The van der Waals surface area contributed by atoms with E-state index in [-0.39, 0.29) is 11.7 Å². The number of hydrogen-bond donors (Lipinski definition) is 2. The lowest BCUT2D eigenvalue weighted by molar-refractivity contribution is -0.122. The molecule has 0 aliphatic carbocycles. The van der Waals surface area contributed by atoms with Crippen LogP contribution in [0.1, 0.15) is 33.1 Å². The zero-order valence-electron chi connectivity index (χ0n) is 22.6. The van der Waals surface area contributed by atoms with Crippen molar-refractivity contribution in [2.24, 2.45) is 0 Å². The van der Waals surface area contributed by atoms with Crippen molar-refractivity contribution in [2.75, 3.05) is 26.3 Å². The van der Waals surface area contributed by atoms with Crippen LogP contribution in [0.4, 0.5) is 5.69 Å². The number of nitriles is 1. The maximum atomic E-state index is 13.7. The average Bonchev–Trinajstić information content (AvgIpc) is 3.03. The van der Waals surface area contributed by atoms with Crippen LogP contribution in [0.15, 0.2) is 97.1 Å². The fraction of sp³-hybridized carbons (Fsp3) is 0.156. The Hall–Kier alpha value is -5.49. The van der Waals surface area contributed by atoms with E-state index in [1.807, 2.05) is 30.3 Å². The Balaban J connectivity index is 1.65. The van der Waals surface area contributed by atoms with E-state index < -0.39 is 18.8 Å². The summed E-state index contributed by atoms with van der Waals surface area (Å²) in [5, 5.41) is 15.4. The van der Waals surface area contributed by atoms with Crippen molar-refractivity contribution in [1.29, 1.82) is 5.26 Å². The molecule has 0 spiro atoms. The van der Waals surface area contributed by atoms with Crippen LogP contribution in [-0.4, -0.2) is 32.9 Å². The summed E-state index contributed by atoms with van der Waals surface area (Å²) in [6.45, 7) is -0.116. The predicted octanol–water partition coefficient (Wildman–Crippen LogP) is 5.24. The Morgan fingerprint density at radius 1 is 0.829 bits per heavy atom. The van der Waals surface area contributed by atoms with Crippen LogP contribution in [0.25, 0.3) is 0 Å². The highest BCUT2D eigenvalue weighted by Crippen LogP contribution is 2.39. The SMILES string of the molecule is COc1cc(OCOC(=O)c2ccccc2)c(C(Nc2ccc(C#N)cc2)C(=O)NCc2ccccc2)cc1OC. The average molecular weight is 552 g/mol. The molecule has 0 aliphatic rings. The van der Waals surface area contributed by atoms with E-state index >= 15 is 0 Å². The molecule has 0 heterocycles. The summed E-state index contributed by atoms with van der Waals surface area (Å²) in [5.41, 5.74) is 2.79. The molecule has 1 atom stereocenters. The number of nitrogens with one attached hydrogen (secondary N) is 2. The third-order valence-electron chi connectivity index (χ3n) is 6.14. The third kappa shape index (κ3) is 7.55. The summed E-state index contributed by atoms with van der Waals surface area (Å²) in [6.07, 6.45) is 0. The number of rotatable bonds is 12. The van der Waals surface area contributed by atoms with Crippen molar-refractivity contribution in [3.63, 3.8) is 0 Å². The molecule has 0 fully saturated rings. The van der Waals surface area contributed by atoms with Crippen LogP contribution in [0.3, 0.4) is 0 Å². The highest BCUT2D eigenvalue weighted by molar-refractivity contribution is 5.89. The van der Waals surface area contributed by atoms with Gasteiger partial charge in [-0.15, -0.1) is 0 Å². The summed E-state index contributed by atoms with van der Waals surface area (Å²) in [5.74, 6) is 0.0719. The number of nitrogens with zero attached hydrogens (tertiary/aromatic N) is 1. The standard InChI is InChI=1S/C32H29N3O6/c1-38-28-17-26(27(18-29(28)39-2)40-21-41-32(37)24-11-7-4-8-12-24)30(35-25-15-13-22(19-33)14-16-25)31(36)34-20-23-9-5-3-6-10-23/h3-18,30,35H,20-21H2,1-2H3,(H,34,36). The Kier molecular flexibility index (Phi) is 9.78. The van der Waals surface area contributed by atoms with Gasteiger partial charge in [0.2, 0.25) is 12.7 Å². The van der Waals surface area contributed by atoms with Crippen LogP contribution in [0.2, 0.25) is 0 Å². The van der Waals surface area contributed by atoms with Gasteiger partial charge in [-0.2, -0.15) is 5.26 Å². The molecular formula is C32H29N3O6. The van der Waals surface area contributed by atoms with Gasteiger partial charge in [0.1, 0.15) is 11.8 Å². The van der Waals surface area contributed by atoms with Gasteiger partial charge in [-0.3, -0.25) is 4.79 Å². The molecule has 0 saturated carbocycles. The molecular weight excluding hydrogens is 522 g/mol. The normalized spacial score (nSPS) is 11.0. The van der Waals surface area contributed by atoms with E-state index in [2.05, 4.69) is 16.7 Å². The molecule has 4 rings (SSSR count). The fourth-order valence-corrected chi connectivity index (χ4v) is 4.01. The Labute approximate surface area is 238 Å². The van der Waals surface area contributed by atoms with Gasteiger partial charge in [0.25, 0.3) is 0 Å². The highest BCUT2D eigenvalue weighted by atomic mass is 16.7. The quantitative estimate of drug-likeness (QED) is 0.181. The highest BCUT2D eigenvalue weighted by Gasteiger charge is 2.27. The molecule has 4 aromatic carbocycles. The number of carbonyl (C=O) groups excluding carboxylic acids is 2. The second-order valence-electron chi connectivity index (χ2n) is 8.77. The minimum absolute atomic E-state index is 0.240. The van der Waals surface area contributed by atoms with Gasteiger partial charge >= 0.3 is 5.97 Å². The van der Waals surface area contributed by atoms with Crippen molar-refractivity contribution in [2.45, 2.75) is 12.6 Å². The molecule has 1 unspecified atom stereocenters. The predicted molar refractivity (Wildman–Crippen MR) is 153 cm³/mol. The lowest BCUT2D eigenvalue weighted by atomic mass is 10.0. The number of methoxy groups -OCH3 is 2. The number of ether oxygens (including phenoxy) is 4. The van der Waals surface area contributed by atoms with Crippen molar-refractivity contribution in [1.82, 2.24) is 5.32 Å². The zero-order chi connectivity index (χ0) is 29.0. The van der Waals surface area contributed by atoms with Crippen LogP contribution >= 0.6 is 0 Å². The molecule has 0 aliphatic heterocycles. The number of amides is 1. The van der Waals surface area contributed by atoms with E-state index in [0.29, 0.717) is 40.4 Å². The number of anilines is 1. The molecule has 41 heavy (non-hydrogen) atoms. The minimum atomic E-state index is -0.966. The van der Waals surface area contributed by atoms with Gasteiger partial charge in [0.15, 0.2) is 11.5 Å². The van der Waals surface area contributed by atoms with Crippen molar-refractivity contribution >= 4 is 17.6 Å². The smallest absolute Gasteiger partial charge is 0.340 e. The largest absolute Gasteiger partial charge is 0.493 e. The maximum absolute atomic E-state index is 13.7.